The van der Waals surface area contributed by atoms with Gasteiger partial charge in [0.1, 0.15) is 11.6 Å². The molecule has 6 nitrogen and oxygen atoms in total. The molecular weight excluding hydrogens is 393 g/mol. The van der Waals surface area contributed by atoms with Gasteiger partial charge in [-0.1, -0.05) is 12.1 Å². The van der Waals surface area contributed by atoms with E-state index in [2.05, 4.69) is 10.2 Å². The van der Waals surface area contributed by atoms with E-state index in [4.69, 9.17) is 4.74 Å². The summed E-state index contributed by atoms with van der Waals surface area (Å²) >= 11 is 1.24. The van der Waals surface area contributed by atoms with Crippen LogP contribution in [-0.4, -0.2) is 61.5 Å². The number of rotatable bonds is 7. The number of halogens is 1. The highest BCUT2D eigenvalue weighted by Gasteiger charge is 2.21. The van der Waals surface area contributed by atoms with E-state index in [-0.39, 0.29) is 29.0 Å². The van der Waals surface area contributed by atoms with E-state index < -0.39 is 5.82 Å². The number of nitrogens with zero attached hydrogens (tertiary/aromatic N) is 2. The third-order valence-electron chi connectivity index (χ3n) is 4.68. The molecule has 154 valence electrons. The fourth-order valence-corrected chi connectivity index (χ4v) is 3.80. The molecule has 0 bridgehead atoms. The quantitative estimate of drug-likeness (QED) is 0.751. The van der Waals surface area contributed by atoms with Crippen molar-refractivity contribution >= 4 is 35.0 Å². The molecule has 2 aromatic rings. The number of amides is 2. The first-order valence-corrected chi connectivity index (χ1v) is 10.5. The average molecular weight is 418 g/mol. The van der Waals surface area contributed by atoms with Crippen LogP contribution in [0.4, 0.5) is 15.8 Å². The van der Waals surface area contributed by atoms with Crippen LogP contribution in [0.15, 0.2) is 48.5 Å². The summed E-state index contributed by atoms with van der Waals surface area (Å²) in [7, 11) is 1.64. The SMILES string of the molecule is COc1ccc(N2CCN(C(=O)CSCC(=O)Nc3ccccc3F)CC2)cc1. The minimum absolute atomic E-state index is 0.0167. The van der Waals surface area contributed by atoms with Crippen LogP contribution in [0.1, 0.15) is 0 Å². The Morgan fingerprint density at radius 1 is 1.03 bits per heavy atom. The molecule has 1 saturated heterocycles. The molecule has 0 spiro atoms. The Balaban J connectivity index is 1.38. The van der Waals surface area contributed by atoms with Crippen molar-refractivity contribution in [1.29, 1.82) is 0 Å². The van der Waals surface area contributed by atoms with E-state index in [9.17, 15) is 14.0 Å². The predicted molar refractivity (Wildman–Crippen MR) is 114 cm³/mol. The van der Waals surface area contributed by atoms with Gasteiger partial charge in [0.15, 0.2) is 0 Å². The summed E-state index contributed by atoms with van der Waals surface area (Å²) in [6, 6.07) is 13.9. The summed E-state index contributed by atoms with van der Waals surface area (Å²) in [6.45, 7) is 2.81. The molecule has 1 fully saturated rings. The van der Waals surface area contributed by atoms with Crippen LogP contribution >= 0.6 is 11.8 Å². The lowest BCUT2D eigenvalue weighted by Gasteiger charge is -2.36. The number of nitrogens with one attached hydrogen (secondary N) is 1. The Kier molecular flexibility index (Phi) is 7.35. The third kappa shape index (κ3) is 5.87. The number of piperazine rings is 1. The predicted octanol–water partition coefficient (Wildman–Crippen LogP) is 2.85. The largest absolute Gasteiger partial charge is 0.497 e. The minimum Gasteiger partial charge on any atom is -0.497 e. The van der Waals surface area contributed by atoms with Gasteiger partial charge in [0, 0.05) is 31.9 Å². The maximum Gasteiger partial charge on any atom is 0.234 e. The van der Waals surface area contributed by atoms with Crippen LogP contribution < -0.4 is 15.0 Å². The molecule has 1 heterocycles. The Morgan fingerprint density at radius 2 is 1.72 bits per heavy atom. The summed E-state index contributed by atoms with van der Waals surface area (Å²) in [5.74, 6) is 0.370. The minimum atomic E-state index is -0.475. The molecule has 2 amide bonds. The first-order valence-electron chi connectivity index (χ1n) is 9.35. The summed E-state index contributed by atoms with van der Waals surface area (Å²) in [5, 5.41) is 2.52. The normalized spacial score (nSPS) is 13.9. The number of benzene rings is 2. The summed E-state index contributed by atoms with van der Waals surface area (Å²) in [4.78, 5) is 28.4. The monoisotopic (exact) mass is 417 g/mol. The van der Waals surface area contributed by atoms with Gasteiger partial charge in [0.05, 0.1) is 24.3 Å². The zero-order valence-electron chi connectivity index (χ0n) is 16.3. The van der Waals surface area contributed by atoms with Gasteiger partial charge < -0.3 is 19.9 Å². The topological polar surface area (TPSA) is 61.9 Å². The second kappa shape index (κ2) is 10.2. The molecule has 0 atom stereocenters. The molecule has 1 aliphatic heterocycles. The van der Waals surface area contributed by atoms with Gasteiger partial charge in [-0.15, -0.1) is 11.8 Å². The van der Waals surface area contributed by atoms with Gasteiger partial charge in [-0.3, -0.25) is 9.59 Å². The highest BCUT2D eigenvalue weighted by molar-refractivity contribution is 8.00. The van der Waals surface area contributed by atoms with Crippen molar-refractivity contribution in [2.24, 2.45) is 0 Å². The van der Waals surface area contributed by atoms with Crippen molar-refractivity contribution in [2.45, 2.75) is 0 Å². The summed E-state index contributed by atoms with van der Waals surface area (Å²) < 4.78 is 18.7. The van der Waals surface area contributed by atoms with Crippen LogP contribution in [0.25, 0.3) is 0 Å². The van der Waals surface area contributed by atoms with Crippen molar-refractivity contribution in [1.82, 2.24) is 4.90 Å². The fourth-order valence-electron chi connectivity index (χ4n) is 3.08. The molecule has 0 unspecified atom stereocenters. The van der Waals surface area contributed by atoms with Crippen molar-refractivity contribution in [2.75, 3.05) is 55.0 Å². The number of anilines is 2. The number of carbonyl (C=O) groups is 2. The lowest BCUT2D eigenvalue weighted by Crippen LogP contribution is -2.49. The van der Waals surface area contributed by atoms with E-state index >= 15 is 0 Å². The van der Waals surface area contributed by atoms with Gasteiger partial charge in [-0.2, -0.15) is 0 Å². The molecule has 1 N–H and O–H groups in total. The smallest absolute Gasteiger partial charge is 0.234 e. The van der Waals surface area contributed by atoms with Crippen molar-refractivity contribution in [3.05, 3.63) is 54.3 Å². The molecule has 8 heteroatoms. The lowest BCUT2D eigenvalue weighted by molar-refractivity contribution is -0.128. The van der Waals surface area contributed by atoms with Gasteiger partial charge in [0.2, 0.25) is 11.8 Å². The number of hydrogen-bond acceptors (Lipinski definition) is 5. The highest BCUT2D eigenvalue weighted by Crippen LogP contribution is 2.21. The Morgan fingerprint density at radius 3 is 2.38 bits per heavy atom. The lowest BCUT2D eigenvalue weighted by atomic mass is 10.2. The third-order valence-corrected chi connectivity index (χ3v) is 5.59. The maximum absolute atomic E-state index is 13.5. The molecule has 0 aliphatic carbocycles. The molecule has 29 heavy (non-hydrogen) atoms. The van der Waals surface area contributed by atoms with E-state index in [0.29, 0.717) is 13.1 Å². The Labute approximate surface area is 174 Å². The number of para-hydroxylation sites is 1. The molecule has 2 aromatic carbocycles. The molecule has 0 radical (unpaired) electrons. The zero-order chi connectivity index (χ0) is 20.6. The Hall–Kier alpha value is -2.74. The van der Waals surface area contributed by atoms with Crippen LogP contribution in [-0.2, 0) is 9.59 Å². The fraction of sp³-hybridized carbons (Fsp3) is 0.333. The summed E-state index contributed by atoms with van der Waals surface area (Å²) in [5.41, 5.74) is 1.26. The van der Waals surface area contributed by atoms with E-state index in [1.165, 1.54) is 23.9 Å². The van der Waals surface area contributed by atoms with E-state index in [0.717, 1.165) is 24.5 Å². The number of thioether (sulfide) groups is 1. The molecule has 3 rings (SSSR count). The number of carbonyl (C=O) groups excluding carboxylic acids is 2. The van der Waals surface area contributed by atoms with E-state index in [1.807, 2.05) is 29.2 Å². The van der Waals surface area contributed by atoms with Gasteiger partial charge in [0.25, 0.3) is 0 Å². The van der Waals surface area contributed by atoms with E-state index in [1.54, 1.807) is 19.2 Å². The first kappa shape index (κ1) is 21.0. The first-order chi connectivity index (χ1) is 14.1. The highest BCUT2D eigenvalue weighted by atomic mass is 32.2. The van der Waals surface area contributed by atoms with Crippen LogP contribution in [0.3, 0.4) is 0 Å². The average Bonchev–Trinajstić information content (AvgIpc) is 2.75. The second-order valence-electron chi connectivity index (χ2n) is 6.59. The van der Waals surface area contributed by atoms with Gasteiger partial charge in [-0.25, -0.2) is 4.39 Å². The van der Waals surface area contributed by atoms with Crippen molar-refractivity contribution in [3.63, 3.8) is 0 Å². The molecule has 0 saturated carbocycles. The standard InChI is InChI=1S/C21H24FN3O3S/c1-28-17-8-6-16(7-9-17)24-10-12-25(13-11-24)21(27)15-29-14-20(26)23-19-5-3-2-4-18(19)22/h2-9H,10-15H2,1H3,(H,23,26). The van der Waals surface area contributed by atoms with Crippen molar-refractivity contribution < 1.29 is 18.7 Å². The van der Waals surface area contributed by atoms with Crippen LogP contribution in [0.2, 0.25) is 0 Å². The molecule has 0 aromatic heterocycles. The van der Waals surface area contributed by atoms with Crippen LogP contribution in [0.5, 0.6) is 5.75 Å². The molecular formula is C21H24FN3O3S. The van der Waals surface area contributed by atoms with Crippen LogP contribution in [0, 0.1) is 5.82 Å². The summed E-state index contributed by atoms with van der Waals surface area (Å²) in [6.07, 6.45) is 0. The number of ether oxygens (including phenoxy) is 1. The Bertz CT molecular complexity index is 839. The van der Waals surface area contributed by atoms with Gasteiger partial charge >= 0.3 is 0 Å². The maximum atomic E-state index is 13.5. The van der Waals surface area contributed by atoms with Gasteiger partial charge in [-0.05, 0) is 36.4 Å². The number of hydrogen-bond donors (Lipinski definition) is 1. The second-order valence-corrected chi connectivity index (χ2v) is 7.57. The number of methoxy groups -OCH3 is 1. The zero-order valence-corrected chi connectivity index (χ0v) is 17.1. The molecule has 1 aliphatic rings. The van der Waals surface area contributed by atoms with Crippen molar-refractivity contribution in [3.8, 4) is 5.75 Å².